The maximum atomic E-state index is 12.6. The highest BCUT2D eigenvalue weighted by Gasteiger charge is 2.32. The number of carbonyl (C=O) groups is 3. The Hall–Kier alpha value is -5.23. The Morgan fingerprint density at radius 1 is 0.957 bits per heavy atom. The predicted molar refractivity (Wildman–Crippen MR) is 171 cm³/mol. The Kier molecular flexibility index (Phi) is 11.8. The molecule has 1 atom stereocenters. The van der Waals surface area contributed by atoms with Gasteiger partial charge in [0.2, 0.25) is 0 Å². The fourth-order valence-electron chi connectivity index (χ4n) is 4.54. The van der Waals surface area contributed by atoms with Gasteiger partial charge in [0.15, 0.2) is 29.6 Å². The summed E-state index contributed by atoms with van der Waals surface area (Å²) in [5.41, 5.74) is 5.23. The van der Waals surface area contributed by atoms with Gasteiger partial charge in [-0.15, -0.1) is 0 Å². The molecule has 12 nitrogen and oxygen atoms in total. The molecule has 0 bridgehead atoms. The maximum Gasteiger partial charge on any atom is 0.338 e. The van der Waals surface area contributed by atoms with Crippen molar-refractivity contribution in [3.05, 3.63) is 93.6 Å². The van der Waals surface area contributed by atoms with Crippen molar-refractivity contribution in [1.29, 1.82) is 0 Å². The van der Waals surface area contributed by atoms with Gasteiger partial charge in [0.1, 0.15) is 6.61 Å². The van der Waals surface area contributed by atoms with E-state index >= 15 is 0 Å². The number of ether oxygens (including phenoxy) is 5. The first-order chi connectivity index (χ1) is 22.2. The molecule has 46 heavy (non-hydrogen) atoms. The van der Waals surface area contributed by atoms with Gasteiger partial charge in [0.25, 0.3) is 5.91 Å². The second-order valence-electron chi connectivity index (χ2n) is 9.84. The van der Waals surface area contributed by atoms with Gasteiger partial charge in [-0.1, -0.05) is 29.8 Å². The molecule has 0 aromatic heterocycles. The van der Waals surface area contributed by atoms with Crippen LogP contribution in [0.15, 0.2) is 77.0 Å². The average molecular weight is 651 g/mol. The van der Waals surface area contributed by atoms with E-state index in [1.165, 1.54) is 13.3 Å². The number of hydrogen-bond acceptors (Lipinski definition) is 9. The van der Waals surface area contributed by atoms with Crippen LogP contribution in [-0.4, -0.2) is 51.1 Å². The van der Waals surface area contributed by atoms with Gasteiger partial charge in [-0.3, -0.25) is 4.79 Å². The maximum absolute atomic E-state index is 12.6. The topological polar surface area (TPSA) is 146 Å². The molecule has 1 aliphatic heterocycles. The molecule has 0 saturated heterocycles. The van der Waals surface area contributed by atoms with Gasteiger partial charge in [0.05, 0.1) is 38.2 Å². The van der Waals surface area contributed by atoms with E-state index < -0.39 is 23.9 Å². The number of urea groups is 1. The van der Waals surface area contributed by atoms with Crippen LogP contribution in [0, 0.1) is 0 Å². The number of halogens is 1. The summed E-state index contributed by atoms with van der Waals surface area (Å²) in [5, 5.41) is 9.97. The molecule has 1 heterocycles. The van der Waals surface area contributed by atoms with Crippen molar-refractivity contribution < 1.29 is 38.1 Å². The number of esters is 1. The van der Waals surface area contributed by atoms with Crippen LogP contribution in [-0.2, 0) is 20.9 Å². The second kappa shape index (κ2) is 16.2. The van der Waals surface area contributed by atoms with Gasteiger partial charge < -0.3 is 34.3 Å². The predicted octanol–water partition coefficient (Wildman–Crippen LogP) is 5.05. The monoisotopic (exact) mass is 650 g/mol. The van der Waals surface area contributed by atoms with Crippen LogP contribution in [0.25, 0.3) is 0 Å². The number of nitrogens with zero attached hydrogens (tertiary/aromatic N) is 1. The Labute approximate surface area is 271 Å². The third kappa shape index (κ3) is 8.91. The minimum absolute atomic E-state index is 0.180. The Morgan fingerprint density at radius 2 is 1.74 bits per heavy atom. The number of allylic oxidation sites excluding steroid dienone is 1. The zero-order chi connectivity index (χ0) is 33.1. The molecule has 4 rings (SSSR count). The third-order valence-electron chi connectivity index (χ3n) is 6.60. The van der Waals surface area contributed by atoms with Crippen molar-refractivity contribution in [1.82, 2.24) is 16.1 Å². The summed E-state index contributed by atoms with van der Waals surface area (Å²) >= 11 is 6.06. The van der Waals surface area contributed by atoms with E-state index in [4.69, 9.17) is 35.3 Å². The van der Waals surface area contributed by atoms with Crippen LogP contribution >= 0.6 is 11.6 Å². The van der Waals surface area contributed by atoms with Gasteiger partial charge in [-0.05, 0) is 79.9 Å². The number of carbonyl (C=O) groups excluding carboxylic acids is 3. The lowest BCUT2D eigenvalue weighted by Crippen LogP contribution is -2.45. The first kappa shape index (κ1) is 33.7. The lowest BCUT2D eigenvalue weighted by molar-refractivity contribution is -0.139. The van der Waals surface area contributed by atoms with Crippen LogP contribution in [0.4, 0.5) is 4.79 Å². The molecule has 0 fully saturated rings. The van der Waals surface area contributed by atoms with Gasteiger partial charge in [0, 0.05) is 10.7 Å². The van der Waals surface area contributed by atoms with E-state index in [2.05, 4.69) is 21.2 Å². The second-order valence-corrected chi connectivity index (χ2v) is 10.3. The first-order valence-corrected chi connectivity index (χ1v) is 14.8. The van der Waals surface area contributed by atoms with E-state index in [9.17, 15) is 14.4 Å². The van der Waals surface area contributed by atoms with E-state index in [0.717, 1.165) is 5.56 Å². The van der Waals surface area contributed by atoms with Crippen molar-refractivity contribution in [2.45, 2.75) is 33.4 Å². The van der Waals surface area contributed by atoms with Crippen LogP contribution in [0.1, 0.15) is 43.5 Å². The molecule has 3 amide bonds. The number of nitrogens with one attached hydrogen (secondary N) is 3. The number of benzene rings is 3. The van der Waals surface area contributed by atoms with E-state index in [0.29, 0.717) is 52.3 Å². The van der Waals surface area contributed by atoms with Gasteiger partial charge in [-0.2, -0.15) is 5.10 Å². The molecular formula is C33H35ClN4O8. The van der Waals surface area contributed by atoms with Crippen molar-refractivity contribution in [2.75, 3.05) is 26.9 Å². The summed E-state index contributed by atoms with van der Waals surface area (Å²) in [6.45, 7) is 5.77. The summed E-state index contributed by atoms with van der Waals surface area (Å²) in [6.07, 6.45) is 1.47. The average Bonchev–Trinajstić information content (AvgIpc) is 3.03. The number of hydrazone groups is 1. The van der Waals surface area contributed by atoms with Gasteiger partial charge in [-0.25, -0.2) is 15.0 Å². The first-order valence-electron chi connectivity index (χ1n) is 14.4. The summed E-state index contributed by atoms with van der Waals surface area (Å²) < 4.78 is 28.0. The van der Waals surface area contributed by atoms with E-state index in [1.54, 1.807) is 56.3 Å². The summed E-state index contributed by atoms with van der Waals surface area (Å²) in [4.78, 5) is 37.3. The number of rotatable bonds is 14. The fraction of sp³-hybridized carbons (Fsp3) is 0.273. The molecule has 1 aliphatic rings. The van der Waals surface area contributed by atoms with Gasteiger partial charge >= 0.3 is 12.0 Å². The highest BCUT2D eigenvalue weighted by Crippen LogP contribution is 2.35. The number of hydrogen-bond donors (Lipinski definition) is 3. The van der Waals surface area contributed by atoms with Crippen molar-refractivity contribution in [2.24, 2.45) is 5.10 Å². The number of methoxy groups -OCH3 is 1. The minimum atomic E-state index is -0.778. The van der Waals surface area contributed by atoms with E-state index in [-0.39, 0.29) is 24.5 Å². The zero-order valence-corrected chi connectivity index (χ0v) is 26.6. The van der Waals surface area contributed by atoms with E-state index in [1.807, 2.05) is 25.1 Å². The van der Waals surface area contributed by atoms with Crippen LogP contribution in [0.2, 0.25) is 5.02 Å². The smallest absolute Gasteiger partial charge is 0.338 e. The molecule has 3 N–H and O–H groups in total. The van der Waals surface area contributed by atoms with Crippen LogP contribution in [0.5, 0.6) is 23.0 Å². The highest BCUT2D eigenvalue weighted by atomic mass is 35.5. The highest BCUT2D eigenvalue weighted by molar-refractivity contribution is 6.30. The summed E-state index contributed by atoms with van der Waals surface area (Å²) in [7, 11) is 1.44. The number of amides is 3. The molecule has 0 spiro atoms. The standard InChI is InChI=1S/C33H35ClN4O8/c1-5-43-28-15-21(10-12-26(28)45-18-22-8-7-9-24(34)14-22)17-35-38-29(39)19-46-25-13-11-23(16-27(25)42-4)31-30(32(40)44-6-2)20(3)36-33(41)37-31/h7-17,31H,5-6,18-19H2,1-4H3,(H,38,39)(H2,36,37,41)/b35-17+/t31-/m0/s1. The molecule has 0 unspecified atom stereocenters. The van der Waals surface area contributed by atoms with Crippen molar-refractivity contribution in [3.63, 3.8) is 0 Å². The Balaban J connectivity index is 1.36. The quantitative estimate of drug-likeness (QED) is 0.125. The lowest BCUT2D eigenvalue weighted by atomic mass is 9.95. The third-order valence-corrected chi connectivity index (χ3v) is 6.83. The van der Waals surface area contributed by atoms with Crippen LogP contribution in [0.3, 0.4) is 0 Å². The molecule has 3 aromatic carbocycles. The largest absolute Gasteiger partial charge is 0.493 e. The molecular weight excluding hydrogens is 616 g/mol. The van der Waals surface area contributed by atoms with Crippen molar-refractivity contribution >= 4 is 35.7 Å². The minimum Gasteiger partial charge on any atom is -0.493 e. The Bertz CT molecular complexity index is 1640. The molecule has 13 heteroatoms. The SMILES string of the molecule is CCOC(=O)C1=C(C)NC(=O)N[C@H]1c1ccc(OCC(=O)N/N=C/c2ccc(OCc3cccc(Cl)c3)c(OCC)c2)c(OC)c1. The summed E-state index contributed by atoms with van der Waals surface area (Å²) in [6, 6.07) is 16.3. The molecule has 0 saturated carbocycles. The fourth-order valence-corrected chi connectivity index (χ4v) is 4.75. The normalized spacial score (nSPS) is 14.3. The molecule has 3 aromatic rings. The molecule has 0 aliphatic carbocycles. The summed E-state index contributed by atoms with van der Waals surface area (Å²) in [5.74, 6) is 0.594. The van der Waals surface area contributed by atoms with Crippen molar-refractivity contribution in [3.8, 4) is 23.0 Å². The van der Waals surface area contributed by atoms with Crippen LogP contribution < -0.4 is 35.0 Å². The molecule has 0 radical (unpaired) electrons. The zero-order valence-electron chi connectivity index (χ0n) is 25.8. The Morgan fingerprint density at radius 3 is 2.48 bits per heavy atom. The molecule has 242 valence electrons. The lowest BCUT2D eigenvalue weighted by Gasteiger charge is -2.28.